The number of carbonyl (C=O) groups is 1. The third-order valence-corrected chi connectivity index (χ3v) is 5.96. The lowest BCUT2D eigenvalue weighted by molar-refractivity contribution is -0.136. The van der Waals surface area contributed by atoms with Crippen LogP contribution in [0.3, 0.4) is 0 Å². The zero-order chi connectivity index (χ0) is 19.1. The molecule has 0 radical (unpaired) electrons. The summed E-state index contributed by atoms with van der Waals surface area (Å²) in [5, 5.41) is 2.99. The van der Waals surface area contributed by atoms with Gasteiger partial charge >= 0.3 is 0 Å². The van der Waals surface area contributed by atoms with Crippen molar-refractivity contribution in [1.29, 1.82) is 0 Å². The van der Waals surface area contributed by atoms with Gasteiger partial charge in [-0.1, -0.05) is 6.92 Å². The van der Waals surface area contributed by atoms with Crippen LogP contribution < -0.4 is 10.1 Å². The summed E-state index contributed by atoms with van der Waals surface area (Å²) in [5.41, 5.74) is 0.138. The van der Waals surface area contributed by atoms with E-state index in [9.17, 15) is 4.79 Å². The number of methoxy groups -OCH3 is 1. The van der Waals surface area contributed by atoms with Crippen LogP contribution in [0.15, 0.2) is 24.3 Å². The van der Waals surface area contributed by atoms with Crippen molar-refractivity contribution in [2.24, 2.45) is 5.92 Å². The standard InChI is InChI=1S/C22H34N2O3/c1-18-7-5-14-24(17-18)15-6-16-27-20-10-8-19(9-11-20)23-21(25)22(26-2)12-3-4-13-22/h8-11,18H,3-7,12-17H2,1-2H3,(H,23,25). The molecule has 150 valence electrons. The topological polar surface area (TPSA) is 50.8 Å². The van der Waals surface area contributed by atoms with Gasteiger partial charge in [0.15, 0.2) is 0 Å². The number of nitrogens with zero attached hydrogens (tertiary/aromatic N) is 1. The lowest BCUT2D eigenvalue weighted by atomic mass is 10.0. The molecule has 1 heterocycles. The number of hydrogen-bond donors (Lipinski definition) is 1. The highest BCUT2D eigenvalue weighted by Gasteiger charge is 2.41. The van der Waals surface area contributed by atoms with Crippen molar-refractivity contribution in [1.82, 2.24) is 4.90 Å². The summed E-state index contributed by atoms with van der Waals surface area (Å²) in [5.74, 6) is 1.64. The molecular weight excluding hydrogens is 340 g/mol. The van der Waals surface area contributed by atoms with Crippen molar-refractivity contribution in [3.63, 3.8) is 0 Å². The van der Waals surface area contributed by atoms with Crippen molar-refractivity contribution >= 4 is 11.6 Å². The molecule has 2 fully saturated rings. The van der Waals surface area contributed by atoms with Crippen molar-refractivity contribution in [3.8, 4) is 5.75 Å². The number of benzene rings is 1. The van der Waals surface area contributed by atoms with Crippen LogP contribution in [0.5, 0.6) is 5.75 Å². The molecule has 1 aromatic rings. The molecule has 0 aromatic heterocycles. The van der Waals surface area contributed by atoms with E-state index in [1.165, 1.54) is 25.9 Å². The number of anilines is 1. The highest BCUT2D eigenvalue weighted by molar-refractivity contribution is 5.97. The summed E-state index contributed by atoms with van der Waals surface area (Å²) < 4.78 is 11.4. The van der Waals surface area contributed by atoms with Crippen LogP contribution in [0.4, 0.5) is 5.69 Å². The smallest absolute Gasteiger partial charge is 0.256 e. The van der Waals surface area contributed by atoms with E-state index >= 15 is 0 Å². The normalized spacial score (nSPS) is 22.5. The SMILES string of the molecule is COC1(C(=O)Nc2ccc(OCCCN3CCCC(C)C3)cc2)CCCC1. The number of ether oxygens (including phenoxy) is 2. The van der Waals surface area contributed by atoms with E-state index in [2.05, 4.69) is 17.1 Å². The largest absolute Gasteiger partial charge is 0.494 e. The molecule has 1 unspecified atom stereocenters. The first-order chi connectivity index (χ1) is 13.1. The van der Waals surface area contributed by atoms with E-state index in [4.69, 9.17) is 9.47 Å². The van der Waals surface area contributed by atoms with Crippen molar-refractivity contribution < 1.29 is 14.3 Å². The monoisotopic (exact) mass is 374 g/mol. The van der Waals surface area contributed by atoms with Gasteiger partial charge in [-0.15, -0.1) is 0 Å². The Hall–Kier alpha value is -1.59. The van der Waals surface area contributed by atoms with Gasteiger partial charge in [0.05, 0.1) is 6.61 Å². The lowest BCUT2D eigenvalue weighted by Crippen LogP contribution is -2.42. The van der Waals surface area contributed by atoms with Gasteiger partial charge in [0, 0.05) is 25.9 Å². The summed E-state index contributed by atoms with van der Waals surface area (Å²) in [4.78, 5) is 15.1. The van der Waals surface area contributed by atoms with Crippen molar-refractivity contribution in [2.45, 2.75) is 57.5 Å². The van der Waals surface area contributed by atoms with Gasteiger partial charge in [0.25, 0.3) is 5.91 Å². The Balaban J connectivity index is 1.40. The van der Waals surface area contributed by atoms with Gasteiger partial charge < -0.3 is 19.7 Å². The summed E-state index contributed by atoms with van der Waals surface area (Å²) >= 11 is 0. The Labute approximate surface area is 163 Å². The molecule has 1 aliphatic carbocycles. The van der Waals surface area contributed by atoms with E-state index in [0.717, 1.165) is 62.6 Å². The number of nitrogens with one attached hydrogen (secondary N) is 1. The van der Waals surface area contributed by atoms with E-state index < -0.39 is 5.60 Å². The van der Waals surface area contributed by atoms with Gasteiger partial charge in [0.1, 0.15) is 11.4 Å². The van der Waals surface area contributed by atoms with Gasteiger partial charge in [-0.3, -0.25) is 4.79 Å². The maximum atomic E-state index is 12.6. The Morgan fingerprint density at radius 2 is 1.96 bits per heavy atom. The average molecular weight is 375 g/mol. The van der Waals surface area contributed by atoms with E-state index in [0.29, 0.717) is 0 Å². The number of likely N-dealkylation sites (tertiary alicyclic amines) is 1. The van der Waals surface area contributed by atoms with Crippen LogP contribution in [0.2, 0.25) is 0 Å². The van der Waals surface area contributed by atoms with Crippen LogP contribution in [-0.2, 0) is 9.53 Å². The van der Waals surface area contributed by atoms with Crippen molar-refractivity contribution in [3.05, 3.63) is 24.3 Å². The molecule has 1 saturated heterocycles. The summed E-state index contributed by atoms with van der Waals surface area (Å²) in [6.07, 6.45) is 7.41. The molecule has 0 bridgehead atoms. The average Bonchev–Trinajstić information content (AvgIpc) is 3.17. The quantitative estimate of drug-likeness (QED) is 0.697. The summed E-state index contributed by atoms with van der Waals surface area (Å²) in [7, 11) is 1.63. The maximum Gasteiger partial charge on any atom is 0.256 e. The minimum atomic E-state index is -0.652. The fourth-order valence-corrected chi connectivity index (χ4v) is 4.32. The van der Waals surface area contributed by atoms with Crippen LogP contribution >= 0.6 is 0 Å². The zero-order valence-corrected chi connectivity index (χ0v) is 16.8. The molecule has 3 rings (SSSR count). The first-order valence-electron chi connectivity index (χ1n) is 10.4. The van der Waals surface area contributed by atoms with Gasteiger partial charge in [-0.05, 0) is 81.7 Å². The second-order valence-corrected chi connectivity index (χ2v) is 8.13. The number of hydrogen-bond acceptors (Lipinski definition) is 4. The fourth-order valence-electron chi connectivity index (χ4n) is 4.32. The first-order valence-corrected chi connectivity index (χ1v) is 10.4. The molecule has 1 aliphatic heterocycles. The van der Waals surface area contributed by atoms with E-state index in [1.807, 2.05) is 24.3 Å². The van der Waals surface area contributed by atoms with Gasteiger partial charge in [-0.2, -0.15) is 0 Å². The van der Waals surface area contributed by atoms with Gasteiger partial charge in [0.2, 0.25) is 0 Å². The molecule has 1 aromatic carbocycles. The Morgan fingerprint density at radius 3 is 2.63 bits per heavy atom. The Morgan fingerprint density at radius 1 is 1.22 bits per heavy atom. The third kappa shape index (κ3) is 5.45. The number of rotatable bonds is 8. The molecule has 1 amide bonds. The van der Waals surface area contributed by atoms with Crippen molar-refractivity contribution in [2.75, 3.05) is 38.7 Å². The second kappa shape index (κ2) is 9.56. The van der Waals surface area contributed by atoms with E-state index in [1.54, 1.807) is 7.11 Å². The zero-order valence-electron chi connectivity index (χ0n) is 16.8. The predicted octanol–water partition coefficient (Wildman–Crippen LogP) is 4.09. The minimum Gasteiger partial charge on any atom is -0.494 e. The van der Waals surface area contributed by atoms with Crippen LogP contribution in [0.1, 0.15) is 51.9 Å². The molecule has 1 saturated carbocycles. The molecule has 1 N–H and O–H groups in total. The molecule has 5 heteroatoms. The fraction of sp³-hybridized carbons (Fsp3) is 0.682. The minimum absolute atomic E-state index is 0.0353. The molecule has 0 spiro atoms. The maximum absolute atomic E-state index is 12.6. The molecule has 2 aliphatic rings. The summed E-state index contributed by atoms with van der Waals surface area (Å²) in [6, 6.07) is 7.65. The molecule has 27 heavy (non-hydrogen) atoms. The number of piperidine rings is 1. The van der Waals surface area contributed by atoms with Gasteiger partial charge in [-0.25, -0.2) is 0 Å². The third-order valence-electron chi connectivity index (χ3n) is 5.96. The number of amides is 1. The first kappa shape index (κ1) is 20.2. The van der Waals surface area contributed by atoms with E-state index in [-0.39, 0.29) is 5.91 Å². The van der Waals surface area contributed by atoms with Crippen LogP contribution in [0, 0.1) is 5.92 Å². The highest BCUT2D eigenvalue weighted by atomic mass is 16.5. The lowest BCUT2D eigenvalue weighted by Gasteiger charge is -2.30. The Bertz CT molecular complexity index is 596. The number of carbonyl (C=O) groups excluding carboxylic acids is 1. The molecule has 5 nitrogen and oxygen atoms in total. The Kier molecular flexibility index (Phi) is 7.13. The summed E-state index contributed by atoms with van der Waals surface area (Å²) in [6.45, 7) is 6.62. The second-order valence-electron chi connectivity index (χ2n) is 8.13. The molecular formula is C22H34N2O3. The van der Waals surface area contributed by atoms with Crippen LogP contribution in [0.25, 0.3) is 0 Å². The predicted molar refractivity (Wildman–Crippen MR) is 108 cm³/mol. The highest BCUT2D eigenvalue weighted by Crippen LogP contribution is 2.33. The van der Waals surface area contributed by atoms with Crippen LogP contribution in [-0.4, -0.2) is 49.8 Å². The molecule has 1 atom stereocenters.